The zero-order valence-electron chi connectivity index (χ0n) is 63.0. The second-order valence-corrected chi connectivity index (χ2v) is 31.0. The van der Waals surface area contributed by atoms with Crippen LogP contribution < -0.4 is 0 Å². The van der Waals surface area contributed by atoms with Gasteiger partial charge in [-0.15, -0.1) is 0 Å². The molecule has 0 aromatic carbocycles. The van der Waals surface area contributed by atoms with Crippen LogP contribution in [0.15, 0.2) is 24.3 Å². The molecule has 0 fully saturated rings. The highest BCUT2D eigenvalue weighted by molar-refractivity contribution is 7.47. The number of hydrogen-bond donors (Lipinski definition) is 3. The molecule has 3 N–H and O–H groups in total. The van der Waals surface area contributed by atoms with Gasteiger partial charge in [0.15, 0.2) is 12.2 Å². The van der Waals surface area contributed by atoms with Gasteiger partial charge in [0, 0.05) is 25.7 Å². The minimum atomic E-state index is -4.96. The van der Waals surface area contributed by atoms with E-state index in [1.165, 1.54) is 161 Å². The average molecular weight is 1420 g/mol. The summed E-state index contributed by atoms with van der Waals surface area (Å²) < 4.78 is 68.5. The van der Waals surface area contributed by atoms with Gasteiger partial charge >= 0.3 is 39.5 Å². The first-order chi connectivity index (χ1) is 46.8. The lowest BCUT2D eigenvalue weighted by Crippen LogP contribution is -2.30. The minimum absolute atomic E-state index is 0.0838. The van der Waals surface area contributed by atoms with E-state index >= 15 is 0 Å². The van der Waals surface area contributed by atoms with Crippen molar-refractivity contribution in [3.05, 3.63) is 24.3 Å². The summed E-state index contributed by atoms with van der Waals surface area (Å²) >= 11 is 0. The lowest BCUT2D eigenvalue weighted by Gasteiger charge is -2.21. The molecule has 0 aliphatic rings. The largest absolute Gasteiger partial charge is 0.472 e. The van der Waals surface area contributed by atoms with Crippen molar-refractivity contribution in [2.75, 3.05) is 39.6 Å². The zero-order valence-corrected chi connectivity index (χ0v) is 64.8. The maximum atomic E-state index is 13.1. The van der Waals surface area contributed by atoms with Crippen LogP contribution in [0.25, 0.3) is 0 Å². The molecular formula is C78H148O17P2. The molecule has 17 nitrogen and oxygen atoms in total. The van der Waals surface area contributed by atoms with E-state index in [0.717, 1.165) is 133 Å². The Kier molecular flexibility index (Phi) is 66.3. The molecule has 0 aromatic rings. The fourth-order valence-electron chi connectivity index (χ4n) is 11.3. The van der Waals surface area contributed by atoms with Crippen LogP contribution in [0.1, 0.15) is 376 Å². The fourth-order valence-corrected chi connectivity index (χ4v) is 12.9. The zero-order chi connectivity index (χ0) is 71.6. The van der Waals surface area contributed by atoms with Gasteiger partial charge in [-0.3, -0.25) is 37.3 Å². The summed E-state index contributed by atoms with van der Waals surface area (Å²) in [5.74, 6) is 0.176. The Morgan fingerprint density at radius 1 is 0.330 bits per heavy atom. The Bertz CT molecular complexity index is 1990. The van der Waals surface area contributed by atoms with Gasteiger partial charge in [0.2, 0.25) is 0 Å². The van der Waals surface area contributed by atoms with Gasteiger partial charge in [-0.25, -0.2) is 9.13 Å². The molecule has 97 heavy (non-hydrogen) atoms. The summed E-state index contributed by atoms with van der Waals surface area (Å²) in [4.78, 5) is 72.8. The summed E-state index contributed by atoms with van der Waals surface area (Å²) in [6.07, 6.45) is 57.8. The lowest BCUT2D eigenvalue weighted by atomic mass is 9.99. The summed E-state index contributed by atoms with van der Waals surface area (Å²) in [6, 6.07) is 0. The lowest BCUT2D eigenvalue weighted by molar-refractivity contribution is -0.161. The molecule has 0 aromatic heterocycles. The number of hydrogen-bond acceptors (Lipinski definition) is 15. The molecule has 0 bridgehead atoms. The number of esters is 4. The smallest absolute Gasteiger partial charge is 0.462 e. The minimum Gasteiger partial charge on any atom is -0.462 e. The van der Waals surface area contributed by atoms with Crippen LogP contribution in [0, 0.1) is 17.8 Å². The number of allylic oxidation sites excluding steroid dienone is 4. The van der Waals surface area contributed by atoms with E-state index in [2.05, 4.69) is 72.8 Å². The molecular weight excluding hydrogens is 1270 g/mol. The van der Waals surface area contributed by atoms with Crippen molar-refractivity contribution in [1.29, 1.82) is 0 Å². The van der Waals surface area contributed by atoms with Gasteiger partial charge in [0.1, 0.15) is 19.3 Å². The van der Waals surface area contributed by atoms with E-state index in [1.807, 2.05) is 0 Å². The first kappa shape index (κ1) is 94.5. The van der Waals surface area contributed by atoms with E-state index in [-0.39, 0.29) is 25.7 Å². The maximum absolute atomic E-state index is 13.1. The molecule has 19 heteroatoms. The Morgan fingerprint density at radius 2 is 0.577 bits per heavy atom. The number of phosphoric ester groups is 2. The number of aliphatic hydroxyl groups is 1. The molecule has 572 valence electrons. The van der Waals surface area contributed by atoms with Crippen LogP contribution in [-0.2, 0) is 65.4 Å². The molecule has 0 saturated heterocycles. The highest BCUT2D eigenvalue weighted by Gasteiger charge is 2.30. The maximum Gasteiger partial charge on any atom is 0.472 e. The number of phosphoric acid groups is 2. The SMILES string of the molecule is CCCCCC/C=C\C=C/CCCCCCCC(=O)O[C@H](COC(=O)CCCCCCCCC(C)CC)COP(=O)(O)OC[C@@H](O)COP(=O)(O)OC[C@@H](COC(=O)CCCCCCCCC(C)CC)OC(=O)CCCCCCCCCCCCCCCCCCCCC(C)CC. The Balaban J connectivity index is 5.21. The highest BCUT2D eigenvalue weighted by Crippen LogP contribution is 2.45. The molecule has 0 heterocycles. The third-order valence-corrected chi connectivity index (χ3v) is 20.5. The topological polar surface area (TPSA) is 237 Å². The molecule has 0 amide bonds. The predicted molar refractivity (Wildman–Crippen MR) is 395 cm³/mol. The normalized spacial score (nSPS) is 15.0. The monoisotopic (exact) mass is 1420 g/mol. The number of rotatable bonds is 74. The Labute approximate surface area is 592 Å². The van der Waals surface area contributed by atoms with Crippen LogP contribution in [0.3, 0.4) is 0 Å². The summed E-state index contributed by atoms with van der Waals surface area (Å²) in [6.45, 7) is 11.8. The molecule has 0 rings (SSSR count). The average Bonchev–Trinajstić information content (AvgIpc) is 2.53. The molecule has 5 unspecified atom stereocenters. The van der Waals surface area contributed by atoms with E-state index in [1.54, 1.807) is 0 Å². The third kappa shape index (κ3) is 67.8. The highest BCUT2D eigenvalue weighted by atomic mass is 31.2. The summed E-state index contributed by atoms with van der Waals surface area (Å²) in [7, 11) is -9.93. The first-order valence-electron chi connectivity index (χ1n) is 39.8. The van der Waals surface area contributed by atoms with Gasteiger partial charge in [0.05, 0.1) is 26.4 Å². The van der Waals surface area contributed by atoms with Gasteiger partial charge < -0.3 is 33.8 Å². The molecule has 8 atom stereocenters. The van der Waals surface area contributed by atoms with E-state index in [4.69, 9.17) is 37.0 Å². The van der Waals surface area contributed by atoms with Crippen LogP contribution in [0.4, 0.5) is 0 Å². The number of ether oxygens (including phenoxy) is 4. The van der Waals surface area contributed by atoms with Crippen LogP contribution in [0.5, 0.6) is 0 Å². The molecule has 0 radical (unpaired) electrons. The first-order valence-corrected chi connectivity index (χ1v) is 42.8. The molecule has 0 spiro atoms. The Hall–Kier alpha value is -2.46. The number of carbonyl (C=O) groups excluding carboxylic acids is 4. The quantitative estimate of drug-likeness (QED) is 0.0169. The van der Waals surface area contributed by atoms with E-state index < -0.39 is 97.5 Å². The third-order valence-electron chi connectivity index (χ3n) is 18.6. The van der Waals surface area contributed by atoms with Crippen molar-refractivity contribution in [3.63, 3.8) is 0 Å². The van der Waals surface area contributed by atoms with Crippen LogP contribution >= 0.6 is 15.6 Å². The molecule has 0 aliphatic carbocycles. The van der Waals surface area contributed by atoms with Crippen molar-refractivity contribution >= 4 is 39.5 Å². The summed E-state index contributed by atoms with van der Waals surface area (Å²) in [5, 5.41) is 10.6. The van der Waals surface area contributed by atoms with Crippen LogP contribution in [0.2, 0.25) is 0 Å². The predicted octanol–water partition coefficient (Wildman–Crippen LogP) is 22.5. The van der Waals surface area contributed by atoms with Crippen molar-refractivity contribution in [3.8, 4) is 0 Å². The molecule has 0 saturated carbocycles. The van der Waals surface area contributed by atoms with Crippen LogP contribution in [-0.4, -0.2) is 96.7 Å². The van der Waals surface area contributed by atoms with Gasteiger partial charge in [-0.1, -0.05) is 323 Å². The number of aliphatic hydroxyl groups excluding tert-OH is 1. The van der Waals surface area contributed by atoms with Gasteiger partial charge in [-0.05, 0) is 69.1 Å². The Morgan fingerprint density at radius 3 is 0.866 bits per heavy atom. The van der Waals surface area contributed by atoms with Gasteiger partial charge in [-0.2, -0.15) is 0 Å². The molecule has 0 aliphatic heterocycles. The van der Waals surface area contributed by atoms with Crippen molar-refractivity contribution in [2.45, 2.75) is 394 Å². The van der Waals surface area contributed by atoms with Crippen molar-refractivity contribution in [2.24, 2.45) is 17.8 Å². The summed E-state index contributed by atoms with van der Waals surface area (Å²) in [5.41, 5.74) is 0. The van der Waals surface area contributed by atoms with Gasteiger partial charge in [0.25, 0.3) is 0 Å². The van der Waals surface area contributed by atoms with E-state index in [9.17, 15) is 43.2 Å². The van der Waals surface area contributed by atoms with Crippen molar-refractivity contribution in [1.82, 2.24) is 0 Å². The second kappa shape index (κ2) is 68.0. The van der Waals surface area contributed by atoms with E-state index in [0.29, 0.717) is 25.7 Å². The standard InChI is InChI=1S/C78H148O17P2/c1-8-12-13-14-15-16-17-18-23-27-30-33-36-47-54-61-77(82)94-73(65-88-75(80)59-52-45-40-38-43-50-57-70(6)10-3)67-92-96(84,85)90-63-72(79)64-91-97(86,87)93-68-74(66-89-76(81)60-53-46-41-39-44-51-58-71(7)11-4)95-78(83)62-55-48-37-34-31-28-25-22-20-19-21-24-26-29-32-35-42-49-56-69(5)9-2/h16-18,23,69-74,79H,8-15,19-22,24-68H2,1-7H3,(H,84,85)(H,86,87)/b17-16-,23-18-/t69?,70?,71?,72-,73-,74-/m1/s1. The van der Waals surface area contributed by atoms with Crippen molar-refractivity contribution < 1.29 is 80.2 Å². The fraction of sp³-hybridized carbons (Fsp3) is 0.897. The number of carbonyl (C=O) groups is 4. The number of unbranched alkanes of at least 4 members (excludes halogenated alkanes) is 36. The second-order valence-electron chi connectivity index (χ2n) is 28.1.